The van der Waals surface area contributed by atoms with Crippen LogP contribution in [0.1, 0.15) is 0 Å². The van der Waals surface area contributed by atoms with Crippen LogP contribution in [0.4, 0.5) is 10.5 Å². The van der Waals surface area contributed by atoms with Crippen molar-refractivity contribution in [2.45, 2.75) is 0 Å². The molecule has 0 spiro atoms. The van der Waals surface area contributed by atoms with Crippen LogP contribution in [-0.2, 0) is 0 Å². The van der Waals surface area contributed by atoms with Crippen molar-refractivity contribution in [1.29, 1.82) is 0 Å². The van der Waals surface area contributed by atoms with Gasteiger partial charge in [0, 0.05) is 23.8 Å². The summed E-state index contributed by atoms with van der Waals surface area (Å²) in [6, 6.07) is 18.7. The SMILES string of the molecule is COc1ccccc1OCCNC(=O)Nc1cccc(-n2cccc2)c1. The number of hydrogen-bond acceptors (Lipinski definition) is 3. The summed E-state index contributed by atoms with van der Waals surface area (Å²) in [4.78, 5) is 12.0. The summed E-state index contributed by atoms with van der Waals surface area (Å²) in [6.07, 6.45) is 3.91. The lowest BCUT2D eigenvalue weighted by atomic mass is 10.3. The van der Waals surface area contributed by atoms with Crippen LogP contribution in [0.2, 0.25) is 0 Å². The molecule has 2 N–H and O–H groups in total. The molecular weight excluding hydrogens is 330 g/mol. The van der Waals surface area contributed by atoms with Gasteiger partial charge in [0.15, 0.2) is 11.5 Å². The van der Waals surface area contributed by atoms with Gasteiger partial charge in [0.05, 0.1) is 13.7 Å². The van der Waals surface area contributed by atoms with E-state index in [4.69, 9.17) is 9.47 Å². The highest BCUT2D eigenvalue weighted by Crippen LogP contribution is 2.25. The van der Waals surface area contributed by atoms with Crippen LogP contribution in [0, 0.1) is 0 Å². The average Bonchev–Trinajstić information content (AvgIpc) is 3.20. The Morgan fingerprint density at radius 2 is 1.77 bits per heavy atom. The topological polar surface area (TPSA) is 64.5 Å². The molecule has 0 unspecified atom stereocenters. The third-order valence-corrected chi connectivity index (χ3v) is 3.72. The van der Waals surface area contributed by atoms with Crippen molar-refractivity contribution in [2.24, 2.45) is 0 Å². The summed E-state index contributed by atoms with van der Waals surface area (Å²) >= 11 is 0. The molecule has 0 aliphatic carbocycles. The molecule has 0 fully saturated rings. The van der Waals surface area contributed by atoms with E-state index < -0.39 is 0 Å². The zero-order chi connectivity index (χ0) is 18.2. The minimum atomic E-state index is -0.279. The van der Waals surface area contributed by atoms with Crippen molar-refractivity contribution >= 4 is 11.7 Å². The molecule has 3 aromatic rings. The van der Waals surface area contributed by atoms with Crippen LogP contribution in [0.3, 0.4) is 0 Å². The van der Waals surface area contributed by atoms with Crippen LogP contribution >= 0.6 is 0 Å². The Balaban J connectivity index is 1.47. The lowest BCUT2D eigenvalue weighted by Crippen LogP contribution is -2.32. The smallest absolute Gasteiger partial charge is 0.319 e. The highest BCUT2D eigenvalue weighted by Gasteiger charge is 2.05. The summed E-state index contributed by atoms with van der Waals surface area (Å²) in [6.45, 7) is 0.721. The second-order valence-electron chi connectivity index (χ2n) is 5.52. The number of urea groups is 1. The number of ether oxygens (including phenoxy) is 2. The molecule has 6 nitrogen and oxygen atoms in total. The Morgan fingerprint density at radius 1 is 1.00 bits per heavy atom. The van der Waals surface area contributed by atoms with Crippen molar-refractivity contribution in [3.05, 3.63) is 73.1 Å². The van der Waals surface area contributed by atoms with Crippen LogP contribution in [0.15, 0.2) is 73.1 Å². The van der Waals surface area contributed by atoms with Gasteiger partial charge in [0.1, 0.15) is 6.61 Å². The molecule has 3 rings (SSSR count). The predicted octanol–water partition coefficient (Wildman–Crippen LogP) is 3.69. The first kappa shape index (κ1) is 17.4. The largest absolute Gasteiger partial charge is 0.493 e. The van der Waals surface area contributed by atoms with E-state index >= 15 is 0 Å². The van der Waals surface area contributed by atoms with Crippen molar-refractivity contribution in [3.8, 4) is 17.2 Å². The number of carbonyl (C=O) groups is 1. The van der Waals surface area contributed by atoms with E-state index in [9.17, 15) is 4.79 Å². The number of rotatable bonds is 7. The van der Waals surface area contributed by atoms with Crippen LogP contribution < -0.4 is 20.1 Å². The predicted molar refractivity (Wildman–Crippen MR) is 101 cm³/mol. The minimum Gasteiger partial charge on any atom is -0.493 e. The average molecular weight is 351 g/mol. The second kappa shape index (κ2) is 8.62. The van der Waals surface area contributed by atoms with Crippen molar-refractivity contribution in [2.75, 3.05) is 25.6 Å². The minimum absolute atomic E-state index is 0.279. The molecule has 0 saturated heterocycles. The maximum absolute atomic E-state index is 12.0. The first-order valence-corrected chi connectivity index (χ1v) is 8.30. The number of nitrogens with one attached hydrogen (secondary N) is 2. The highest BCUT2D eigenvalue weighted by molar-refractivity contribution is 5.89. The van der Waals surface area contributed by atoms with E-state index in [1.165, 1.54) is 0 Å². The van der Waals surface area contributed by atoms with Gasteiger partial charge in [-0.1, -0.05) is 18.2 Å². The van der Waals surface area contributed by atoms with Gasteiger partial charge >= 0.3 is 6.03 Å². The Morgan fingerprint density at radius 3 is 2.54 bits per heavy atom. The summed E-state index contributed by atoms with van der Waals surface area (Å²) in [5, 5.41) is 5.59. The van der Waals surface area contributed by atoms with Gasteiger partial charge in [-0.25, -0.2) is 4.79 Å². The van der Waals surface area contributed by atoms with Gasteiger partial charge < -0.3 is 24.7 Å². The molecule has 0 aliphatic heterocycles. The van der Waals surface area contributed by atoms with Gasteiger partial charge in [0.25, 0.3) is 0 Å². The number of nitrogens with zero attached hydrogens (tertiary/aromatic N) is 1. The third kappa shape index (κ3) is 4.57. The van der Waals surface area contributed by atoms with Crippen molar-refractivity contribution in [1.82, 2.24) is 9.88 Å². The number of aromatic nitrogens is 1. The van der Waals surface area contributed by atoms with E-state index in [1.807, 2.05) is 77.6 Å². The van der Waals surface area contributed by atoms with Crippen LogP contribution in [0.5, 0.6) is 11.5 Å². The number of methoxy groups -OCH3 is 1. The van der Waals surface area contributed by atoms with E-state index in [-0.39, 0.29) is 6.03 Å². The lowest BCUT2D eigenvalue weighted by Gasteiger charge is -2.12. The molecule has 0 aliphatic rings. The maximum atomic E-state index is 12.0. The van der Waals surface area contributed by atoms with E-state index in [0.29, 0.717) is 24.7 Å². The molecule has 1 aromatic heterocycles. The van der Waals surface area contributed by atoms with Gasteiger partial charge in [-0.15, -0.1) is 0 Å². The normalized spacial score (nSPS) is 10.2. The Bertz CT molecular complexity index is 847. The zero-order valence-corrected chi connectivity index (χ0v) is 14.5. The standard InChI is InChI=1S/C20H21N3O3/c1-25-18-9-2-3-10-19(18)26-14-11-21-20(24)22-16-7-6-8-17(15-16)23-12-4-5-13-23/h2-10,12-13,15H,11,14H2,1H3,(H2,21,22,24). The molecule has 2 aromatic carbocycles. The number of hydrogen-bond donors (Lipinski definition) is 2. The summed E-state index contributed by atoms with van der Waals surface area (Å²) in [5.74, 6) is 1.32. The van der Waals surface area contributed by atoms with E-state index in [2.05, 4.69) is 10.6 Å². The van der Waals surface area contributed by atoms with Gasteiger partial charge in [-0.05, 0) is 42.5 Å². The Kier molecular flexibility index (Phi) is 5.77. The number of carbonyl (C=O) groups excluding carboxylic acids is 1. The number of benzene rings is 2. The summed E-state index contributed by atoms with van der Waals surface area (Å²) in [5.41, 5.74) is 1.70. The number of para-hydroxylation sites is 2. The van der Waals surface area contributed by atoms with Crippen LogP contribution in [0.25, 0.3) is 5.69 Å². The molecule has 1 heterocycles. The molecule has 0 atom stereocenters. The first-order chi connectivity index (χ1) is 12.8. The third-order valence-electron chi connectivity index (χ3n) is 3.72. The zero-order valence-electron chi connectivity index (χ0n) is 14.5. The van der Waals surface area contributed by atoms with Crippen molar-refractivity contribution in [3.63, 3.8) is 0 Å². The molecule has 0 bridgehead atoms. The fourth-order valence-corrected chi connectivity index (χ4v) is 2.49. The first-order valence-electron chi connectivity index (χ1n) is 8.30. The van der Waals surface area contributed by atoms with Crippen LogP contribution in [-0.4, -0.2) is 30.9 Å². The molecule has 6 heteroatoms. The fourth-order valence-electron chi connectivity index (χ4n) is 2.49. The summed E-state index contributed by atoms with van der Waals surface area (Å²) in [7, 11) is 1.59. The maximum Gasteiger partial charge on any atom is 0.319 e. The fraction of sp³-hybridized carbons (Fsp3) is 0.150. The van der Waals surface area contributed by atoms with Gasteiger partial charge in [0.2, 0.25) is 0 Å². The lowest BCUT2D eigenvalue weighted by molar-refractivity contribution is 0.246. The Hall–Kier alpha value is -3.41. The highest BCUT2D eigenvalue weighted by atomic mass is 16.5. The molecule has 134 valence electrons. The Labute approximate surface area is 152 Å². The van der Waals surface area contributed by atoms with Crippen molar-refractivity contribution < 1.29 is 14.3 Å². The number of anilines is 1. The molecule has 0 radical (unpaired) electrons. The van der Waals surface area contributed by atoms with E-state index in [1.54, 1.807) is 7.11 Å². The monoisotopic (exact) mass is 351 g/mol. The number of amides is 2. The van der Waals surface area contributed by atoms with Gasteiger partial charge in [-0.2, -0.15) is 0 Å². The quantitative estimate of drug-likeness (QED) is 0.638. The molecule has 2 amide bonds. The van der Waals surface area contributed by atoms with E-state index in [0.717, 1.165) is 11.4 Å². The van der Waals surface area contributed by atoms with Gasteiger partial charge in [-0.3, -0.25) is 0 Å². The molecule has 26 heavy (non-hydrogen) atoms. The summed E-state index contributed by atoms with van der Waals surface area (Å²) < 4.78 is 12.8. The molecular formula is C20H21N3O3. The second-order valence-corrected chi connectivity index (χ2v) is 5.52. The molecule has 0 saturated carbocycles.